The summed E-state index contributed by atoms with van der Waals surface area (Å²) in [6.45, 7) is 0.285. The summed E-state index contributed by atoms with van der Waals surface area (Å²) in [6, 6.07) is 6.45. The Labute approximate surface area is 115 Å². The first kappa shape index (κ1) is 15.3. The van der Waals surface area contributed by atoms with Gasteiger partial charge in [-0.05, 0) is 24.3 Å². The lowest BCUT2D eigenvalue weighted by Crippen LogP contribution is -2.12. The summed E-state index contributed by atoms with van der Waals surface area (Å²) in [5, 5.41) is 0.993. The molecule has 0 saturated carbocycles. The van der Waals surface area contributed by atoms with Crippen molar-refractivity contribution in [1.82, 2.24) is 0 Å². The second-order valence-corrected chi connectivity index (χ2v) is 6.24. The highest BCUT2D eigenvalue weighted by atomic mass is 35.5. The lowest BCUT2D eigenvalue weighted by Gasteiger charge is -2.17. The van der Waals surface area contributed by atoms with E-state index >= 15 is 0 Å². The van der Waals surface area contributed by atoms with Gasteiger partial charge in [-0.25, -0.2) is 0 Å². The highest BCUT2D eigenvalue weighted by Crippen LogP contribution is 2.46. The summed E-state index contributed by atoms with van der Waals surface area (Å²) in [7, 11) is -3.35. The fraction of sp³-hybridized carbons (Fsp3) is 0.400. The molecule has 0 unspecified atom stereocenters. The van der Waals surface area contributed by atoms with E-state index in [2.05, 4.69) is 0 Å². The van der Waals surface area contributed by atoms with Crippen molar-refractivity contribution in [3.05, 3.63) is 29.3 Å². The molecule has 1 rings (SSSR count). The summed E-state index contributed by atoms with van der Waals surface area (Å²) in [4.78, 5) is 0. The molecule has 0 atom stereocenters. The molecule has 0 amide bonds. The zero-order valence-electron chi connectivity index (χ0n) is 8.94. The molecular formula is C10H12Cl3O3P. The maximum absolute atomic E-state index is 12.4. The van der Waals surface area contributed by atoms with Crippen molar-refractivity contribution < 1.29 is 13.6 Å². The van der Waals surface area contributed by atoms with Crippen molar-refractivity contribution in [2.45, 2.75) is 0 Å². The molecular weight excluding hydrogens is 305 g/mol. The minimum absolute atomic E-state index is 0.143. The van der Waals surface area contributed by atoms with Crippen LogP contribution in [0, 0.1) is 0 Å². The van der Waals surface area contributed by atoms with Crippen LogP contribution in [0.2, 0.25) is 5.02 Å². The molecule has 96 valence electrons. The van der Waals surface area contributed by atoms with Gasteiger partial charge in [0.1, 0.15) is 0 Å². The molecule has 17 heavy (non-hydrogen) atoms. The van der Waals surface area contributed by atoms with Crippen LogP contribution in [0.15, 0.2) is 24.3 Å². The fourth-order valence-electron chi connectivity index (χ4n) is 1.12. The quantitative estimate of drug-likeness (QED) is 0.568. The lowest BCUT2D eigenvalue weighted by atomic mass is 10.4. The average Bonchev–Trinajstić information content (AvgIpc) is 2.34. The molecule has 0 spiro atoms. The molecule has 0 heterocycles. The van der Waals surface area contributed by atoms with Crippen molar-refractivity contribution in [1.29, 1.82) is 0 Å². The fourth-order valence-corrected chi connectivity index (χ4v) is 3.17. The number of hydrogen-bond donors (Lipinski definition) is 0. The van der Waals surface area contributed by atoms with Gasteiger partial charge in [-0.1, -0.05) is 11.6 Å². The first-order valence-corrected chi connectivity index (χ1v) is 7.88. The molecule has 0 saturated heterocycles. The van der Waals surface area contributed by atoms with Crippen LogP contribution in [-0.4, -0.2) is 25.0 Å². The van der Waals surface area contributed by atoms with E-state index in [0.29, 0.717) is 10.3 Å². The molecule has 0 aliphatic rings. The molecule has 0 radical (unpaired) electrons. The van der Waals surface area contributed by atoms with Gasteiger partial charge in [0.15, 0.2) is 0 Å². The predicted octanol–water partition coefficient (Wildman–Crippen LogP) is 3.67. The summed E-state index contributed by atoms with van der Waals surface area (Å²) in [5.74, 6) is 0.476. The zero-order chi connectivity index (χ0) is 12.7. The van der Waals surface area contributed by atoms with Gasteiger partial charge >= 0.3 is 7.60 Å². The van der Waals surface area contributed by atoms with Gasteiger partial charge in [-0.15, -0.1) is 23.2 Å². The topological polar surface area (TPSA) is 35.5 Å². The Bertz CT molecular complexity index is 371. The average molecular weight is 318 g/mol. The Hall–Kier alpha value is 0.240. The van der Waals surface area contributed by atoms with Gasteiger partial charge < -0.3 is 9.05 Å². The highest BCUT2D eigenvalue weighted by Gasteiger charge is 2.27. The Morgan fingerprint density at radius 1 is 1.00 bits per heavy atom. The maximum Gasteiger partial charge on any atom is 0.361 e. The Kier molecular flexibility index (Phi) is 6.86. The Balaban J connectivity index is 2.88. The maximum atomic E-state index is 12.4. The van der Waals surface area contributed by atoms with E-state index in [1.165, 1.54) is 0 Å². The Morgan fingerprint density at radius 3 is 1.88 bits per heavy atom. The van der Waals surface area contributed by atoms with E-state index in [0.717, 1.165) is 0 Å². The SMILES string of the molecule is O=P(OCCCl)(OCCCl)c1ccc(Cl)cc1. The third kappa shape index (κ3) is 4.78. The van der Waals surface area contributed by atoms with Crippen molar-refractivity contribution in [3.63, 3.8) is 0 Å². The molecule has 0 aliphatic heterocycles. The van der Waals surface area contributed by atoms with Gasteiger partial charge in [-0.2, -0.15) is 0 Å². The zero-order valence-corrected chi connectivity index (χ0v) is 12.1. The number of rotatable bonds is 7. The van der Waals surface area contributed by atoms with Gasteiger partial charge in [0.05, 0.1) is 18.5 Å². The van der Waals surface area contributed by atoms with E-state index < -0.39 is 7.60 Å². The van der Waals surface area contributed by atoms with Crippen molar-refractivity contribution >= 4 is 47.7 Å². The second-order valence-electron chi connectivity index (χ2n) is 3.02. The first-order chi connectivity index (χ1) is 8.12. The van der Waals surface area contributed by atoms with Gasteiger partial charge in [0.2, 0.25) is 0 Å². The van der Waals surface area contributed by atoms with E-state index in [1.54, 1.807) is 24.3 Å². The molecule has 3 nitrogen and oxygen atoms in total. The van der Waals surface area contributed by atoms with Crippen molar-refractivity contribution in [3.8, 4) is 0 Å². The smallest absolute Gasteiger partial charge is 0.304 e. The molecule has 0 N–H and O–H groups in total. The van der Waals surface area contributed by atoms with Crippen LogP contribution in [0.1, 0.15) is 0 Å². The highest BCUT2D eigenvalue weighted by molar-refractivity contribution is 7.62. The standard InChI is InChI=1S/C10H12Cl3O3P/c11-5-7-15-17(14,16-8-6-12)10-3-1-9(13)2-4-10/h1-4H,5-8H2. The monoisotopic (exact) mass is 316 g/mol. The molecule has 1 aromatic rings. The van der Waals surface area contributed by atoms with Gasteiger partial charge in [0.25, 0.3) is 0 Å². The molecule has 7 heteroatoms. The van der Waals surface area contributed by atoms with E-state index in [4.69, 9.17) is 43.9 Å². The number of alkyl halides is 2. The van der Waals surface area contributed by atoms with Crippen LogP contribution in [0.4, 0.5) is 0 Å². The molecule has 1 aromatic carbocycles. The molecule has 0 bridgehead atoms. The van der Waals surface area contributed by atoms with E-state index in [-0.39, 0.29) is 25.0 Å². The molecule has 0 aromatic heterocycles. The second kappa shape index (κ2) is 7.63. The minimum atomic E-state index is -3.35. The summed E-state index contributed by atoms with van der Waals surface area (Å²) < 4.78 is 22.9. The summed E-state index contributed by atoms with van der Waals surface area (Å²) >= 11 is 16.8. The van der Waals surface area contributed by atoms with Crippen LogP contribution < -0.4 is 5.30 Å². The van der Waals surface area contributed by atoms with Crippen LogP contribution in [0.5, 0.6) is 0 Å². The summed E-state index contributed by atoms with van der Waals surface area (Å²) in [6.07, 6.45) is 0. The van der Waals surface area contributed by atoms with E-state index in [1.807, 2.05) is 0 Å². The van der Waals surface area contributed by atoms with Crippen molar-refractivity contribution in [2.75, 3.05) is 25.0 Å². The third-order valence-electron chi connectivity index (χ3n) is 1.82. The van der Waals surface area contributed by atoms with Crippen LogP contribution in [0.25, 0.3) is 0 Å². The number of halogens is 3. The first-order valence-electron chi connectivity index (χ1n) is 4.89. The number of hydrogen-bond acceptors (Lipinski definition) is 3. The van der Waals surface area contributed by atoms with Gasteiger partial charge in [-0.3, -0.25) is 4.57 Å². The largest absolute Gasteiger partial charge is 0.361 e. The molecule has 0 aliphatic carbocycles. The minimum Gasteiger partial charge on any atom is -0.304 e. The van der Waals surface area contributed by atoms with Crippen molar-refractivity contribution in [2.24, 2.45) is 0 Å². The number of benzene rings is 1. The van der Waals surface area contributed by atoms with Gasteiger partial charge in [0, 0.05) is 16.8 Å². The third-order valence-corrected chi connectivity index (χ3v) is 4.36. The molecule has 0 fully saturated rings. The predicted molar refractivity (Wildman–Crippen MR) is 72.0 cm³/mol. The normalized spacial score (nSPS) is 11.7. The lowest BCUT2D eigenvalue weighted by molar-refractivity contribution is 0.232. The Morgan fingerprint density at radius 2 is 1.47 bits per heavy atom. The van der Waals surface area contributed by atoms with E-state index in [9.17, 15) is 4.57 Å². The summed E-state index contributed by atoms with van der Waals surface area (Å²) in [5.41, 5.74) is 0. The van der Waals surface area contributed by atoms with Crippen LogP contribution in [-0.2, 0) is 13.6 Å². The van der Waals surface area contributed by atoms with Crippen LogP contribution in [0.3, 0.4) is 0 Å². The van der Waals surface area contributed by atoms with Crippen LogP contribution >= 0.6 is 42.4 Å².